The largest absolute Gasteiger partial charge is 0.497 e. The van der Waals surface area contributed by atoms with Crippen LogP contribution in [-0.4, -0.2) is 26.2 Å². The normalized spacial score (nSPS) is 10.1. The van der Waals surface area contributed by atoms with Crippen molar-refractivity contribution >= 4 is 11.6 Å². The zero-order valence-electron chi connectivity index (χ0n) is 11.6. The summed E-state index contributed by atoms with van der Waals surface area (Å²) in [6.07, 6.45) is 0. The summed E-state index contributed by atoms with van der Waals surface area (Å²) in [6.45, 7) is 0.810. The van der Waals surface area contributed by atoms with Gasteiger partial charge in [0.15, 0.2) is 0 Å². The van der Waals surface area contributed by atoms with Crippen LogP contribution >= 0.6 is 0 Å². The molecule has 4 heteroatoms. The fourth-order valence-corrected chi connectivity index (χ4v) is 1.86. The van der Waals surface area contributed by atoms with Crippen LogP contribution in [0.15, 0.2) is 42.5 Å². The number of ether oxygens (including phenoxy) is 1. The molecule has 2 aromatic rings. The van der Waals surface area contributed by atoms with Gasteiger partial charge in [0.1, 0.15) is 17.4 Å². The summed E-state index contributed by atoms with van der Waals surface area (Å²) in [6, 6.07) is 14.0. The zero-order chi connectivity index (χ0) is 13.7. The molecule has 2 rings (SSSR count). The molecule has 1 N–H and O–H groups in total. The standard InChI is InChI=1S/C15H19N3O/c1-16-14-5-4-6-15(17-14)18(2)11-12-7-9-13(19-3)10-8-12/h4-10H,11H2,1-3H3,(H,16,17). The molecule has 0 unspecified atom stereocenters. The van der Waals surface area contributed by atoms with E-state index >= 15 is 0 Å². The van der Waals surface area contributed by atoms with Crippen LogP contribution in [0.1, 0.15) is 5.56 Å². The molecule has 0 radical (unpaired) electrons. The minimum Gasteiger partial charge on any atom is -0.497 e. The van der Waals surface area contributed by atoms with E-state index < -0.39 is 0 Å². The van der Waals surface area contributed by atoms with E-state index in [0.29, 0.717) is 0 Å². The first-order valence-corrected chi connectivity index (χ1v) is 6.22. The second kappa shape index (κ2) is 6.09. The molecule has 0 aliphatic rings. The molecule has 0 aliphatic carbocycles. The van der Waals surface area contributed by atoms with Gasteiger partial charge in [-0.1, -0.05) is 18.2 Å². The molecule has 1 heterocycles. The van der Waals surface area contributed by atoms with Crippen LogP contribution in [0.4, 0.5) is 11.6 Å². The van der Waals surface area contributed by atoms with E-state index in [1.165, 1.54) is 5.56 Å². The molecule has 0 aliphatic heterocycles. The van der Waals surface area contributed by atoms with Gasteiger partial charge in [0.2, 0.25) is 0 Å². The highest BCUT2D eigenvalue weighted by atomic mass is 16.5. The van der Waals surface area contributed by atoms with Crippen molar-refractivity contribution in [2.75, 3.05) is 31.4 Å². The molecule has 0 saturated heterocycles. The molecule has 0 spiro atoms. The van der Waals surface area contributed by atoms with Gasteiger partial charge >= 0.3 is 0 Å². The minimum atomic E-state index is 0.810. The molecule has 0 saturated carbocycles. The van der Waals surface area contributed by atoms with Crippen molar-refractivity contribution in [3.05, 3.63) is 48.0 Å². The number of hydrogen-bond acceptors (Lipinski definition) is 4. The van der Waals surface area contributed by atoms with Gasteiger partial charge in [-0.15, -0.1) is 0 Å². The molecule has 0 amide bonds. The molecule has 1 aromatic carbocycles. The Morgan fingerprint density at radius 2 is 1.89 bits per heavy atom. The quantitative estimate of drug-likeness (QED) is 0.893. The maximum absolute atomic E-state index is 5.15. The first-order chi connectivity index (χ1) is 9.22. The lowest BCUT2D eigenvalue weighted by molar-refractivity contribution is 0.414. The summed E-state index contributed by atoms with van der Waals surface area (Å²) < 4.78 is 5.15. The van der Waals surface area contributed by atoms with E-state index in [0.717, 1.165) is 23.9 Å². The molecule has 1 aromatic heterocycles. The molecule has 0 fully saturated rings. The van der Waals surface area contributed by atoms with Gasteiger partial charge in [-0.3, -0.25) is 0 Å². The van der Waals surface area contributed by atoms with E-state index in [2.05, 4.69) is 27.3 Å². The van der Waals surface area contributed by atoms with Gasteiger partial charge in [0.25, 0.3) is 0 Å². The average Bonchev–Trinajstić information content (AvgIpc) is 2.48. The van der Waals surface area contributed by atoms with Gasteiger partial charge in [0.05, 0.1) is 7.11 Å². The van der Waals surface area contributed by atoms with Gasteiger partial charge in [-0.25, -0.2) is 4.98 Å². The van der Waals surface area contributed by atoms with Crippen molar-refractivity contribution in [1.82, 2.24) is 4.98 Å². The summed E-state index contributed by atoms with van der Waals surface area (Å²) in [5.74, 6) is 2.70. The van der Waals surface area contributed by atoms with Gasteiger partial charge in [0, 0.05) is 20.6 Å². The average molecular weight is 257 g/mol. The molecule has 19 heavy (non-hydrogen) atoms. The lowest BCUT2D eigenvalue weighted by Gasteiger charge is -2.19. The number of rotatable bonds is 5. The first-order valence-electron chi connectivity index (χ1n) is 6.22. The van der Waals surface area contributed by atoms with Crippen LogP contribution in [-0.2, 0) is 6.54 Å². The fraction of sp³-hybridized carbons (Fsp3) is 0.267. The second-order valence-electron chi connectivity index (χ2n) is 4.34. The Morgan fingerprint density at radius 3 is 2.53 bits per heavy atom. The SMILES string of the molecule is CNc1cccc(N(C)Cc2ccc(OC)cc2)n1. The predicted molar refractivity (Wildman–Crippen MR) is 78.9 cm³/mol. The number of pyridine rings is 1. The van der Waals surface area contributed by atoms with Crippen molar-refractivity contribution in [2.45, 2.75) is 6.54 Å². The molecular formula is C15H19N3O. The number of nitrogens with zero attached hydrogens (tertiary/aromatic N) is 2. The third-order valence-corrected chi connectivity index (χ3v) is 2.96. The van der Waals surface area contributed by atoms with Crippen molar-refractivity contribution < 1.29 is 4.74 Å². The Hall–Kier alpha value is -2.23. The smallest absolute Gasteiger partial charge is 0.130 e. The summed E-state index contributed by atoms with van der Waals surface area (Å²) in [4.78, 5) is 6.62. The van der Waals surface area contributed by atoms with Gasteiger partial charge < -0.3 is 15.0 Å². The lowest BCUT2D eigenvalue weighted by Crippen LogP contribution is -2.17. The summed E-state index contributed by atoms with van der Waals surface area (Å²) in [5, 5.41) is 3.05. The van der Waals surface area contributed by atoms with E-state index in [4.69, 9.17) is 4.74 Å². The van der Waals surface area contributed by atoms with Crippen LogP contribution in [0.5, 0.6) is 5.75 Å². The maximum atomic E-state index is 5.15. The summed E-state index contributed by atoms with van der Waals surface area (Å²) in [5.41, 5.74) is 1.22. The number of anilines is 2. The third kappa shape index (κ3) is 3.37. The molecular weight excluding hydrogens is 238 g/mol. The van der Waals surface area contributed by atoms with Crippen molar-refractivity contribution in [2.24, 2.45) is 0 Å². The lowest BCUT2D eigenvalue weighted by atomic mass is 10.2. The Kier molecular flexibility index (Phi) is 4.23. The molecule has 100 valence electrons. The number of hydrogen-bond donors (Lipinski definition) is 1. The summed E-state index contributed by atoms with van der Waals surface area (Å²) in [7, 11) is 5.58. The van der Waals surface area contributed by atoms with Crippen molar-refractivity contribution in [3.8, 4) is 5.75 Å². The van der Waals surface area contributed by atoms with E-state index in [1.54, 1.807) is 7.11 Å². The Balaban J connectivity index is 2.08. The number of methoxy groups -OCH3 is 1. The Morgan fingerprint density at radius 1 is 1.16 bits per heavy atom. The van der Waals surface area contributed by atoms with Gasteiger partial charge in [-0.05, 0) is 29.8 Å². The van der Waals surface area contributed by atoms with Gasteiger partial charge in [-0.2, -0.15) is 0 Å². The molecule has 0 bridgehead atoms. The Bertz CT molecular complexity index is 525. The second-order valence-corrected chi connectivity index (χ2v) is 4.34. The van der Waals surface area contributed by atoms with Crippen molar-refractivity contribution in [1.29, 1.82) is 0 Å². The number of nitrogens with one attached hydrogen (secondary N) is 1. The number of aromatic nitrogens is 1. The third-order valence-electron chi connectivity index (χ3n) is 2.96. The highest BCUT2D eigenvalue weighted by Crippen LogP contribution is 2.17. The highest BCUT2D eigenvalue weighted by Gasteiger charge is 2.04. The van der Waals surface area contributed by atoms with E-state index in [9.17, 15) is 0 Å². The van der Waals surface area contributed by atoms with Crippen LogP contribution in [0, 0.1) is 0 Å². The number of benzene rings is 1. The van der Waals surface area contributed by atoms with Crippen molar-refractivity contribution in [3.63, 3.8) is 0 Å². The monoisotopic (exact) mass is 257 g/mol. The first kappa shape index (κ1) is 13.2. The Labute approximate surface area is 114 Å². The van der Waals surface area contributed by atoms with Crippen LogP contribution in [0.3, 0.4) is 0 Å². The molecule has 4 nitrogen and oxygen atoms in total. The van der Waals surface area contributed by atoms with E-state index in [1.807, 2.05) is 44.4 Å². The fourth-order valence-electron chi connectivity index (χ4n) is 1.86. The predicted octanol–water partition coefficient (Wildman–Crippen LogP) is 2.77. The van der Waals surface area contributed by atoms with Crippen LogP contribution < -0.4 is 15.0 Å². The van der Waals surface area contributed by atoms with Crippen LogP contribution in [0.2, 0.25) is 0 Å². The zero-order valence-corrected chi connectivity index (χ0v) is 11.6. The van der Waals surface area contributed by atoms with E-state index in [-0.39, 0.29) is 0 Å². The maximum Gasteiger partial charge on any atom is 0.130 e. The molecule has 0 atom stereocenters. The van der Waals surface area contributed by atoms with Crippen LogP contribution in [0.25, 0.3) is 0 Å². The summed E-state index contributed by atoms with van der Waals surface area (Å²) >= 11 is 0. The minimum absolute atomic E-state index is 0.810. The topological polar surface area (TPSA) is 37.4 Å². The highest BCUT2D eigenvalue weighted by molar-refractivity contribution is 5.46.